The van der Waals surface area contributed by atoms with Gasteiger partial charge >= 0.3 is 0 Å². The van der Waals surface area contributed by atoms with Gasteiger partial charge in [0.05, 0.1) is 24.7 Å². The summed E-state index contributed by atoms with van der Waals surface area (Å²) in [5.74, 6) is 0.884. The van der Waals surface area contributed by atoms with E-state index in [0.717, 1.165) is 18.5 Å². The zero-order valence-corrected chi connectivity index (χ0v) is 20.2. The number of ether oxygens (including phenoxy) is 1. The van der Waals surface area contributed by atoms with E-state index in [9.17, 15) is 13.5 Å². The van der Waals surface area contributed by atoms with Gasteiger partial charge in [-0.1, -0.05) is 30.3 Å². The quantitative estimate of drug-likeness (QED) is 0.172. The van der Waals surface area contributed by atoms with Crippen molar-refractivity contribution in [1.29, 1.82) is 0 Å². The zero-order chi connectivity index (χ0) is 20.3. The Morgan fingerprint density at radius 1 is 1.28 bits per heavy atom. The number of halogens is 1. The Morgan fingerprint density at radius 3 is 2.66 bits per heavy atom. The molecule has 0 spiro atoms. The lowest BCUT2D eigenvalue weighted by molar-refractivity contribution is 0.131. The van der Waals surface area contributed by atoms with Gasteiger partial charge in [0.2, 0.25) is 0 Å². The Morgan fingerprint density at radius 2 is 2.03 bits per heavy atom. The molecule has 3 N–H and O–H groups in total. The van der Waals surface area contributed by atoms with E-state index in [1.54, 1.807) is 0 Å². The molecule has 1 aromatic carbocycles. The summed E-state index contributed by atoms with van der Waals surface area (Å²) >= 11 is 0. The standard InChI is InChI=1S/C20H33N3O4S.HI/c1-2-21-19(23-16-20(9-12-24)10-13-27-17-20)22-11-6-14-28(25,26)15-18-7-4-3-5-8-18;/h3-5,7-8,24H,2,6,9-17H2,1H3,(H2,21,22,23);1H. The Labute approximate surface area is 191 Å². The second-order valence-corrected chi connectivity index (χ2v) is 9.51. The Kier molecular flexibility index (Phi) is 12.1. The lowest BCUT2D eigenvalue weighted by atomic mass is 9.84. The number of sulfone groups is 1. The van der Waals surface area contributed by atoms with Gasteiger partial charge in [-0.2, -0.15) is 0 Å². The lowest BCUT2D eigenvalue weighted by Gasteiger charge is -2.24. The molecule has 1 aromatic rings. The van der Waals surface area contributed by atoms with Gasteiger partial charge in [0.25, 0.3) is 0 Å². The van der Waals surface area contributed by atoms with E-state index in [4.69, 9.17) is 4.74 Å². The molecule has 1 atom stereocenters. The van der Waals surface area contributed by atoms with E-state index in [2.05, 4.69) is 15.6 Å². The predicted octanol–water partition coefficient (Wildman–Crippen LogP) is 1.95. The van der Waals surface area contributed by atoms with Crippen LogP contribution < -0.4 is 10.6 Å². The molecule has 166 valence electrons. The molecule has 1 saturated heterocycles. The summed E-state index contributed by atoms with van der Waals surface area (Å²) in [6.07, 6.45) is 2.09. The molecular weight excluding hydrogens is 505 g/mol. The fourth-order valence-electron chi connectivity index (χ4n) is 3.28. The van der Waals surface area contributed by atoms with Crippen LogP contribution in [-0.2, 0) is 20.3 Å². The van der Waals surface area contributed by atoms with Crippen LogP contribution in [0, 0.1) is 5.41 Å². The summed E-state index contributed by atoms with van der Waals surface area (Å²) in [5, 5.41) is 15.7. The average molecular weight is 539 g/mol. The first kappa shape index (κ1) is 26.1. The highest BCUT2D eigenvalue weighted by molar-refractivity contribution is 14.0. The number of nitrogens with one attached hydrogen (secondary N) is 2. The SMILES string of the molecule is CCNC(=NCC1(CCO)CCOC1)NCCCS(=O)(=O)Cc1ccccc1.I. The number of aliphatic hydroxyl groups excluding tert-OH is 1. The Bertz CT molecular complexity index is 708. The van der Waals surface area contributed by atoms with E-state index in [1.807, 2.05) is 37.3 Å². The van der Waals surface area contributed by atoms with E-state index >= 15 is 0 Å². The highest BCUT2D eigenvalue weighted by atomic mass is 127. The Hall–Kier alpha value is -0.910. The number of aliphatic hydroxyl groups is 1. The molecule has 0 saturated carbocycles. The third kappa shape index (κ3) is 9.63. The molecule has 1 aliphatic rings. The van der Waals surface area contributed by atoms with Crippen molar-refractivity contribution in [2.45, 2.75) is 31.9 Å². The van der Waals surface area contributed by atoms with Crippen molar-refractivity contribution in [1.82, 2.24) is 10.6 Å². The molecule has 9 heteroatoms. The summed E-state index contributed by atoms with van der Waals surface area (Å²) in [6.45, 7) is 5.28. The van der Waals surface area contributed by atoms with Crippen molar-refractivity contribution < 1.29 is 18.3 Å². The van der Waals surface area contributed by atoms with Crippen molar-refractivity contribution >= 4 is 39.8 Å². The van der Waals surface area contributed by atoms with Crippen LogP contribution in [0.2, 0.25) is 0 Å². The maximum Gasteiger partial charge on any atom is 0.191 e. The molecule has 1 aliphatic heterocycles. The number of hydrogen-bond donors (Lipinski definition) is 3. The summed E-state index contributed by atoms with van der Waals surface area (Å²) in [6, 6.07) is 9.25. The van der Waals surface area contributed by atoms with E-state index < -0.39 is 9.84 Å². The molecule has 1 heterocycles. The number of rotatable bonds is 11. The van der Waals surface area contributed by atoms with Crippen LogP contribution in [0.5, 0.6) is 0 Å². The van der Waals surface area contributed by atoms with Crippen LogP contribution >= 0.6 is 24.0 Å². The second-order valence-electron chi connectivity index (χ2n) is 7.33. The maximum absolute atomic E-state index is 12.3. The van der Waals surface area contributed by atoms with Gasteiger partial charge in [0.15, 0.2) is 15.8 Å². The molecule has 0 bridgehead atoms. The average Bonchev–Trinajstić information content (AvgIpc) is 3.13. The fraction of sp³-hybridized carbons (Fsp3) is 0.650. The van der Waals surface area contributed by atoms with Crippen molar-refractivity contribution in [3.63, 3.8) is 0 Å². The number of benzene rings is 1. The number of aliphatic imine (C=N–C) groups is 1. The summed E-state index contributed by atoms with van der Waals surface area (Å²) in [7, 11) is -3.13. The molecule has 29 heavy (non-hydrogen) atoms. The van der Waals surface area contributed by atoms with Crippen molar-refractivity contribution in [3.8, 4) is 0 Å². The van der Waals surface area contributed by atoms with E-state index in [-0.39, 0.29) is 47.5 Å². The number of guanidine groups is 1. The summed E-state index contributed by atoms with van der Waals surface area (Å²) in [5.41, 5.74) is 0.717. The molecule has 0 radical (unpaired) electrons. The van der Waals surface area contributed by atoms with Gasteiger partial charge in [0.1, 0.15) is 0 Å². The third-order valence-electron chi connectivity index (χ3n) is 4.90. The normalized spacial score (nSPS) is 19.6. The lowest BCUT2D eigenvalue weighted by Crippen LogP contribution is -2.39. The van der Waals surface area contributed by atoms with Crippen LogP contribution in [0.15, 0.2) is 35.3 Å². The smallest absolute Gasteiger partial charge is 0.191 e. The first-order valence-corrected chi connectivity index (χ1v) is 11.8. The van der Waals surface area contributed by atoms with Gasteiger partial charge in [-0.05, 0) is 31.7 Å². The Balaban J connectivity index is 0.00000420. The molecule has 7 nitrogen and oxygen atoms in total. The van der Waals surface area contributed by atoms with Crippen molar-refractivity contribution in [2.75, 3.05) is 45.2 Å². The van der Waals surface area contributed by atoms with Crippen molar-refractivity contribution in [2.24, 2.45) is 10.4 Å². The molecule has 1 fully saturated rings. The third-order valence-corrected chi connectivity index (χ3v) is 6.58. The highest BCUT2D eigenvalue weighted by Crippen LogP contribution is 2.32. The highest BCUT2D eigenvalue weighted by Gasteiger charge is 2.34. The van der Waals surface area contributed by atoms with Crippen LogP contribution in [0.3, 0.4) is 0 Å². The van der Waals surface area contributed by atoms with Gasteiger partial charge in [-0.3, -0.25) is 4.99 Å². The fourth-order valence-corrected chi connectivity index (χ4v) is 4.70. The molecule has 0 aliphatic carbocycles. The maximum atomic E-state index is 12.3. The largest absolute Gasteiger partial charge is 0.396 e. The van der Waals surface area contributed by atoms with Crippen LogP contribution in [0.4, 0.5) is 0 Å². The topological polar surface area (TPSA) is 100 Å². The van der Waals surface area contributed by atoms with Gasteiger partial charge in [0, 0.05) is 31.7 Å². The molecule has 0 aromatic heterocycles. The minimum atomic E-state index is -3.13. The number of nitrogens with zero attached hydrogens (tertiary/aromatic N) is 1. The van der Waals surface area contributed by atoms with Crippen molar-refractivity contribution in [3.05, 3.63) is 35.9 Å². The second kappa shape index (κ2) is 13.4. The molecule has 0 amide bonds. The van der Waals surface area contributed by atoms with E-state index in [0.29, 0.717) is 45.1 Å². The minimum absolute atomic E-state index is 0. The van der Waals surface area contributed by atoms with Crippen LogP contribution in [-0.4, -0.2) is 64.7 Å². The predicted molar refractivity (Wildman–Crippen MR) is 128 cm³/mol. The van der Waals surface area contributed by atoms with Crippen LogP contribution in [0.1, 0.15) is 31.7 Å². The first-order chi connectivity index (χ1) is 13.5. The van der Waals surface area contributed by atoms with Gasteiger partial charge in [-0.25, -0.2) is 8.42 Å². The summed E-state index contributed by atoms with van der Waals surface area (Å²) < 4.78 is 30.0. The molecule has 2 rings (SSSR count). The summed E-state index contributed by atoms with van der Waals surface area (Å²) in [4.78, 5) is 4.64. The number of hydrogen-bond acceptors (Lipinski definition) is 5. The molecule has 1 unspecified atom stereocenters. The monoisotopic (exact) mass is 539 g/mol. The minimum Gasteiger partial charge on any atom is -0.396 e. The van der Waals surface area contributed by atoms with Gasteiger partial charge in [-0.15, -0.1) is 24.0 Å². The zero-order valence-electron chi connectivity index (χ0n) is 17.1. The first-order valence-electron chi connectivity index (χ1n) is 9.94. The van der Waals surface area contributed by atoms with E-state index in [1.165, 1.54) is 0 Å². The van der Waals surface area contributed by atoms with Gasteiger partial charge < -0.3 is 20.5 Å². The van der Waals surface area contributed by atoms with Crippen LogP contribution in [0.25, 0.3) is 0 Å². The molecular formula is C20H34IN3O4S.